The number of aliphatic imine (C=N–C) groups is 1. The van der Waals surface area contributed by atoms with Crippen molar-refractivity contribution in [3.05, 3.63) is 29.8 Å². The minimum atomic E-state index is -3.36. The topological polar surface area (TPSA) is 73.8 Å². The number of halogens is 1. The van der Waals surface area contributed by atoms with Crippen LogP contribution in [0.2, 0.25) is 0 Å². The first kappa shape index (κ1) is 22.0. The van der Waals surface area contributed by atoms with Crippen molar-refractivity contribution in [3.8, 4) is 0 Å². The van der Waals surface area contributed by atoms with E-state index in [4.69, 9.17) is 0 Å². The third-order valence-electron chi connectivity index (χ3n) is 3.64. The summed E-state index contributed by atoms with van der Waals surface area (Å²) in [6.07, 6.45) is 0.771. The molecule has 1 aliphatic rings. The van der Waals surface area contributed by atoms with Gasteiger partial charge in [-0.05, 0) is 45.7 Å². The number of rotatable bonds is 5. The predicted octanol–water partition coefficient (Wildman–Crippen LogP) is 2.35. The lowest BCUT2D eigenvalue weighted by Gasteiger charge is -2.24. The van der Waals surface area contributed by atoms with E-state index in [2.05, 4.69) is 15.6 Å². The minimum Gasteiger partial charge on any atom is -0.357 e. The average Bonchev–Trinajstić information content (AvgIpc) is 2.90. The number of sulfonamides is 1. The average molecular weight is 480 g/mol. The monoisotopic (exact) mass is 480 g/mol. The highest BCUT2D eigenvalue weighted by Gasteiger charge is 2.28. The Morgan fingerprint density at radius 2 is 1.96 bits per heavy atom. The van der Waals surface area contributed by atoms with Gasteiger partial charge in [-0.3, -0.25) is 9.30 Å². The summed E-state index contributed by atoms with van der Waals surface area (Å²) >= 11 is 0. The van der Waals surface area contributed by atoms with E-state index in [0.717, 1.165) is 24.2 Å². The summed E-state index contributed by atoms with van der Waals surface area (Å²) in [5.41, 5.74) is 1.77. The molecular weight excluding hydrogens is 451 g/mol. The third-order valence-corrected chi connectivity index (χ3v) is 5.39. The summed E-state index contributed by atoms with van der Waals surface area (Å²) in [7, 11) is -3.36. The van der Waals surface area contributed by atoms with Crippen molar-refractivity contribution in [1.29, 1.82) is 0 Å². The lowest BCUT2D eigenvalue weighted by molar-refractivity contribution is 0.502. The molecular formula is C17H29IN4O2S. The summed E-state index contributed by atoms with van der Waals surface area (Å²) in [6, 6.07) is 7.68. The molecule has 0 saturated carbocycles. The Morgan fingerprint density at radius 3 is 2.60 bits per heavy atom. The van der Waals surface area contributed by atoms with E-state index >= 15 is 0 Å². The fraction of sp³-hybridized carbons (Fsp3) is 0.588. The Hall–Kier alpha value is -1.03. The Kier molecular flexibility index (Phi) is 7.98. The van der Waals surface area contributed by atoms with Crippen LogP contribution in [0, 0.1) is 0 Å². The summed E-state index contributed by atoms with van der Waals surface area (Å²) in [5.74, 6) is 0.643. The van der Waals surface area contributed by atoms with Crippen LogP contribution in [0.25, 0.3) is 0 Å². The van der Waals surface area contributed by atoms with Crippen molar-refractivity contribution in [2.24, 2.45) is 4.99 Å². The molecule has 1 aromatic rings. The molecule has 0 bridgehead atoms. The number of anilines is 1. The molecule has 1 aromatic carbocycles. The Balaban J connectivity index is 0.00000312. The van der Waals surface area contributed by atoms with E-state index in [0.29, 0.717) is 12.5 Å². The van der Waals surface area contributed by atoms with Gasteiger partial charge in [0, 0.05) is 18.6 Å². The van der Waals surface area contributed by atoms with Crippen molar-refractivity contribution in [3.63, 3.8) is 0 Å². The van der Waals surface area contributed by atoms with Crippen molar-refractivity contribution in [2.75, 3.05) is 29.7 Å². The lowest BCUT2D eigenvalue weighted by atomic mass is 10.1. The molecule has 2 rings (SSSR count). The number of fused-ring (bicyclic) bond motifs is 1. The molecule has 0 spiro atoms. The van der Waals surface area contributed by atoms with Crippen molar-refractivity contribution < 1.29 is 8.42 Å². The van der Waals surface area contributed by atoms with Crippen LogP contribution in [0.3, 0.4) is 0 Å². The zero-order valence-electron chi connectivity index (χ0n) is 15.4. The SMILES string of the molecule is CCNC(=NCCS(=O)(=O)N1CCc2ccccc21)NC(C)(C)C.I. The normalized spacial score (nSPS) is 14.7. The number of hydrogen-bond donors (Lipinski definition) is 2. The number of hydrogen-bond acceptors (Lipinski definition) is 3. The fourth-order valence-corrected chi connectivity index (χ4v) is 4.03. The van der Waals surface area contributed by atoms with Gasteiger partial charge in [0.25, 0.3) is 0 Å². The summed E-state index contributed by atoms with van der Waals surface area (Å²) in [6.45, 7) is 9.58. The standard InChI is InChI=1S/C17H28N4O2S.HI/c1-5-18-16(20-17(2,3)4)19-11-13-24(22,23)21-12-10-14-8-6-7-9-15(14)21;/h6-9H,5,10-13H2,1-4H3,(H2,18,19,20);1H. The minimum absolute atomic E-state index is 0. The molecule has 0 aromatic heterocycles. The van der Waals surface area contributed by atoms with Crippen molar-refractivity contribution in [1.82, 2.24) is 10.6 Å². The molecule has 6 nitrogen and oxygen atoms in total. The first-order valence-corrected chi connectivity index (χ1v) is 9.98. The number of nitrogens with zero attached hydrogens (tertiary/aromatic N) is 2. The maximum atomic E-state index is 12.6. The molecule has 2 N–H and O–H groups in total. The summed E-state index contributed by atoms with van der Waals surface area (Å²) in [4.78, 5) is 4.40. The maximum Gasteiger partial charge on any atom is 0.237 e. The van der Waals surface area contributed by atoms with E-state index in [1.165, 1.54) is 4.31 Å². The Bertz CT molecular complexity index is 699. The fourth-order valence-electron chi connectivity index (χ4n) is 2.64. The van der Waals surface area contributed by atoms with Crippen LogP contribution in [0.5, 0.6) is 0 Å². The van der Waals surface area contributed by atoms with Gasteiger partial charge in [-0.2, -0.15) is 0 Å². The van der Waals surface area contributed by atoms with Gasteiger partial charge < -0.3 is 10.6 Å². The molecule has 1 aliphatic heterocycles. The van der Waals surface area contributed by atoms with Gasteiger partial charge in [0.15, 0.2) is 5.96 Å². The molecule has 0 aliphatic carbocycles. The van der Waals surface area contributed by atoms with Crippen molar-refractivity contribution in [2.45, 2.75) is 39.7 Å². The van der Waals surface area contributed by atoms with E-state index in [1.54, 1.807) is 0 Å². The highest BCUT2D eigenvalue weighted by atomic mass is 127. The number of guanidine groups is 1. The molecule has 0 fully saturated rings. The van der Waals surface area contributed by atoms with Crippen LogP contribution in [0.15, 0.2) is 29.3 Å². The van der Waals surface area contributed by atoms with Gasteiger partial charge in [-0.1, -0.05) is 18.2 Å². The van der Waals surface area contributed by atoms with Crippen LogP contribution >= 0.6 is 24.0 Å². The number of para-hydroxylation sites is 1. The maximum absolute atomic E-state index is 12.6. The number of nitrogens with one attached hydrogen (secondary N) is 2. The van der Waals surface area contributed by atoms with Gasteiger partial charge >= 0.3 is 0 Å². The first-order valence-electron chi connectivity index (χ1n) is 8.38. The van der Waals surface area contributed by atoms with Gasteiger partial charge in [0.2, 0.25) is 10.0 Å². The van der Waals surface area contributed by atoms with Gasteiger partial charge in [-0.15, -0.1) is 24.0 Å². The Morgan fingerprint density at radius 1 is 1.28 bits per heavy atom. The molecule has 0 amide bonds. The highest BCUT2D eigenvalue weighted by molar-refractivity contribution is 14.0. The lowest BCUT2D eigenvalue weighted by Crippen LogP contribution is -2.47. The highest BCUT2D eigenvalue weighted by Crippen LogP contribution is 2.29. The van der Waals surface area contributed by atoms with E-state index < -0.39 is 10.0 Å². The smallest absolute Gasteiger partial charge is 0.237 e. The third kappa shape index (κ3) is 6.32. The number of benzene rings is 1. The van der Waals surface area contributed by atoms with Gasteiger partial charge in [0.05, 0.1) is 18.0 Å². The molecule has 0 radical (unpaired) electrons. The van der Waals surface area contributed by atoms with Crippen LogP contribution in [0.1, 0.15) is 33.3 Å². The van der Waals surface area contributed by atoms with E-state index in [9.17, 15) is 8.42 Å². The molecule has 0 unspecified atom stereocenters. The Labute approximate surface area is 168 Å². The molecule has 0 atom stereocenters. The zero-order valence-corrected chi connectivity index (χ0v) is 18.5. The van der Waals surface area contributed by atoms with Crippen molar-refractivity contribution >= 4 is 45.6 Å². The van der Waals surface area contributed by atoms with Crippen LogP contribution in [-0.2, 0) is 16.4 Å². The zero-order chi connectivity index (χ0) is 17.8. The van der Waals surface area contributed by atoms with Gasteiger partial charge in [0.1, 0.15) is 0 Å². The molecule has 1 heterocycles. The summed E-state index contributed by atoms with van der Waals surface area (Å²) in [5, 5.41) is 6.40. The van der Waals surface area contributed by atoms with Crippen LogP contribution in [-0.4, -0.2) is 45.3 Å². The van der Waals surface area contributed by atoms with Crippen LogP contribution < -0.4 is 14.9 Å². The summed E-state index contributed by atoms with van der Waals surface area (Å²) < 4.78 is 26.8. The van der Waals surface area contributed by atoms with E-state index in [1.807, 2.05) is 52.0 Å². The molecule has 25 heavy (non-hydrogen) atoms. The molecule has 8 heteroatoms. The second-order valence-electron chi connectivity index (χ2n) is 6.90. The largest absolute Gasteiger partial charge is 0.357 e. The quantitative estimate of drug-likeness (QED) is 0.386. The second kappa shape index (κ2) is 9.07. The molecule has 142 valence electrons. The molecule has 0 saturated heterocycles. The predicted molar refractivity (Wildman–Crippen MR) is 116 cm³/mol. The second-order valence-corrected chi connectivity index (χ2v) is 8.92. The first-order chi connectivity index (χ1) is 11.2. The van der Waals surface area contributed by atoms with Gasteiger partial charge in [-0.25, -0.2) is 8.42 Å². The van der Waals surface area contributed by atoms with Crippen LogP contribution in [0.4, 0.5) is 5.69 Å². The van der Waals surface area contributed by atoms with E-state index in [-0.39, 0.29) is 41.8 Å².